The van der Waals surface area contributed by atoms with Gasteiger partial charge in [0.2, 0.25) is 5.91 Å². The third-order valence-electron chi connectivity index (χ3n) is 4.43. The van der Waals surface area contributed by atoms with Crippen LogP contribution in [0.1, 0.15) is 16.8 Å². The van der Waals surface area contributed by atoms with Crippen LogP contribution in [0.25, 0.3) is 5.65 Å². The molecule has 3 heterocycles. The molecule has 8 heteroatoms. The minimum absolute atomic E-state index is 0.139. The highest BCUT2D eigenvalue weighted by atomic mass is 35.5. The largest absolute Gasteiger partial charge is 0.337 e. The first kappa shape index (κ1) is 15.8. The lowest BCUT2D eigenvalue weighted by molar-refractivity contribution is -0.131. The Morgan fingerprint density at radius 3 is 3.00 bits per heavy atom. The van der Waals surface area contributed by atoms with E-state index in [2.05, 4.69) is 10.1 Å². The van der Waals surface area contributed by atoms with Crippen LogP contribution in [0.4, 0.5) is 4.39 Å². The number of amides is 1. The van der Waals surface area contributed by atoms with Crippen LogP contribution in [-0.4, -0.2) is 31.9 Å². The maximum Gasteiger partial charge on any atom is 0.277 e. The quantitative estimate of drug-likeness (QED) is 0.759. The number of halogens is 2. The summed E-state index contributed by atoms with van der Waals surface area (Å²) in [6.07, 6.45) is 1.99. The number of benzene rings is 1. The Balaban J connectivity index is 1.62. The summed E-state index contributed by atoms with van der Waals surface area (Å²) in [6.45, 7) is 0.596. The molecule has 4 rings (SSSR count). The van der Waals surface area contributed by atoms with E-state index in [1.54, 1.807) is 23.2 Å². The summed E-state index contributed by atoms with van der Waals surface area (Å²) in [7, 11) is 0. The normalized spacial score (nSPS) is 13.9. The van der Waals surface area contributed by atoms with Crippen molar-refractivity contribution in [3.8, 4) is 0 Å². The Bertz CT molecular complexity index is 1020. The number of H-pyrrole nitrogens is 1. The van der Waals surface area contributed by atoms with Crippen molar-refractivity contribution >= 4 is 23.2 Å². The molecule has 6 nitrogen and oxygen atoms in total. The molecular weight excluding hydrogens is 347 g/mol. The summed E-state index contributed by atoms with van der Waals surface area (Å²) in [5, 5.41) is 3.03. The minimum Gasteiger partial charge on any atom is -0.337 e. The zero-order valence-corrected chi connectivity index (χ0v) is 13.9. The first-order valence-electron chi connectivity index (χ1n) is 7.83. The number of aromatic amines is 1. The summed E-state index contributed by atoms with van der Waals surface area (Å²) < 4.78 is 15.2. The molecule has 128 valence electrons. The van der Waals surface area contributed by atoms with Crippen LogP contribution in [0.2, 0.25) is 5.02 Å². The molecule has 1 aliphatic heterocycles. The van der Waals surface area contributed by atoms with E-state index in [-0.39, 0.29) is 35.0 Å². The maximum atomic E-state index is 13.9. The number of nitrogens with zero attached hydrogens (tertiary/aromatic N) is 3. The molecule has 3 aromatic rings. The number of carbonyl (C=O) groups is 1. The molecule has 1 aliphatic rings. The van der Waals surface area contributed by atoms with Gasteiger partial charge in [-0.1, -0.05) is 17.7 Å². The van der Waals surface area contributed by atoms with Gasteiger partial charge in [0.25, 0.3) is 5.56 Å². The van der Waals surface area contributed by atoms with E-state index in [1.165, 1.54) is 16.6 Å². The number of hydrogen-bond donors (Lipinski definition) is 1. The average molecular weight is 361 g/mol. The summed E-state index contributed by atoms with van der Waals surface area (Å²) in [5.41, 5.74) is 1.71. The highest BCUT2D eigenvalue weighted by molar-refractivity contribution is 6.31. The number of aromatic nitrogens is 3. The number of carbonyl (C=O) groups excluding carboxylic acids is 1. The van der Waals surface area contributed by atoms with Gasteiger partial charge in [0, 0.05) is 35.8 Å². The van der Waals surface area contributed by atoms with Gasteiger partial charge in [-0.3, -0.25) is 14.7 Å². The van der Waals surface area contributed by atoms with E-state index in [4.69, 9.17) is 11.6 Å². The van der Waals surface area contributed by atoms with Gasteiger partial charge in [-0.2, -0.15) is 0 Å². The van der Waals surface area contributed by atoms with Crippen LogP contribution in [0.15, 0.2) is 35.3 Å². The van der Waals surface area contributed by atoms with E-state index in [0.29, 0.717) is 29.9 Å². The molecule has 1 aromatic carbocycles. The summed E-state index contributed by atoms with van der Waals surface area (Å²) in [6, 6.07) is 6.05. The van der Waals surface area contributed by atoms with Crippen molar-refractivity contribution in [2.45, 2.75) is 19.4 Å². The van der Waals surface area contributed by atoms with Crippen molar-refractivity contribution in [2.75, 3.05) is 6.54 Å². The van der Waals surface area contributed by atoms with Crippen LogP contribution < -0.4 is 5.56 Å². The average Bonchev–Trinajstić information content (AvgIpc) is 3.07. The van der Waals surface area contributed by atoms with Gasteiger partial charge in [0.15, 0.2) is 5.65 Å². The van der Waals surface area contributed by atoms with E-state index in [1.807, 2.05) is 0 Å². The number of rotatable bonds is 2. The van der Waals surface area contributed by atoms with Crippen LogP contribution in [0.3, 0.4) is 0 Å². The molecule has 0 fully saturated rings. The fraction of sp³-hybridized carbons (Fsp3) is 0.235. The first-order valence-corrected chi connectivity index (χ1v) is 8.21. The van der Waals surface area contributed by atoms with E-state index in [0.717, 1.165) is 0 Å². The van der Waals surface area contributed by atoms with Crippen molar-refractivity contribution < 1.29 is 9.18 Å². The van der Waals surface area contributed by atoms with Crippen molar-refractivity contribution in [1.82, 2.24) is 19.5 Å². The van der Waals surface area contributed by atoms with Crippen molar-refractivity contribution in [3.05, 3.63) is 68.5 Å². The SMILES string of the molecule is O=C(Cc1c(F)cccc1Cl)N1CCc2nc3cc[nH]n3c(=O)c2C1. The summed E-state index contributed by atoms with van der Waals surface area (Å²) >= 11 is 5.99. The predicted molar refractivity (Wildman–Crippen MR) is 90.0 cm³/mol. The van der Waals surface area contributed by atoms with Crippen molar-refractivity contribution in [2.24, 2.45) is 0 Å². The number of fused-ring (bicyclic) bond motifs is 2. The fourth-order valence-corrected chi connectivity index (χ4v) is 3.32. The van der Waals surface area contributed by atoms with Crippen LogP contribution >= 0.6 is 11.6 Å². The molecule has 0 saturated heterocycles. The molecule has 0 aliphatic carbocycles. The van der Waals surface area contributed by atoms with Crippen LogP contribution in [0, 0.1) is 5.82 Å². The van der Waals surface area contributed by atoms with Gasteiger partial charge in [0.05, 0.1) is 24.2 Å². The Morgan fingerprint density at radius 2 is 2.20 bits per heavy atom. The second kappa shape index (κ2) is 6.00. The van der Waals surface area contributed by atoms with Gasteiger partial charge in [-0.05, 0) is 12.1 Å². The summed E-state index contributed by atoms with van der Waals surface area (Å²) in [4.78, 5) is 31.1. The predicted octanol–water partition coefficient (Wildman–Crippen LogP) is 1.94. The smallest absolute Gasteiger partial charge is 0.277 e. The second-order valence-corrected chi connectivity index (χ2v) is 6.35. The molecule has 0 radical (unpaired) electrons. The molecular formula is C17H14ClFN4O2. The van der Waals surface area contributed by atoms with Crippen molar-refractivity contribution in [3.63, 3.8) is 0 Å². The van der Waals surface area contributed by atoms with E-state index < -0.39 is 5.82 Å². The lowest BCUT2D eigenvalue weighted by Crippen LogP contribution is -2.41. The zero-order chi connectivity index (χ0) is 17.6. The topological polar surface area (TPSA) is 70.5 Å². The third-order valence-corrected chi connectivity index (χ3v) is 4.79. The Morgan fingerprint density at radius 1 is 1.36 bits per heavy atom. The fourth-order valence-electron chi connectivity index (χ4n) is 3.09. The Kier molecular flexibility index (Phi) is 3.80. The van der Waals surface area contributed by atoms with E-state index >= 15 is 0 Å². The van der Waals surface area contributed by atoms with Crippen LogP contribution in [0.5, 0.6) is 0 Å². The highest BCUT2D eigenvalue weighted by Gasteiger charge is 2.26. The molecule has 0 bridgehead atoms. The van der Waals surface area contributed by atoms with Gasteiger partial charge in [0.1, 0.15) is 5.82 Å². The van der Waals surface area contributed by atoms with Gasteiger partial charge >= 0.3 is 0 Å². The molecule has 0 spiro atoms. The van der Waals surface area contributed by atoms with Crippen LogP contribution in [-0.2, 0) is 24.2 Å². The van der Waals surface area contributed by atoms with Gasteiger partial charge in [-0.25, -0.2) is 13.9 Å². The molecule has 1 amide bonds. The summed E-state index contributed by atoms with van der Waals surface area (Å²) in [5.74, 6) is -0.776. The molecule has 0 unspecified atom stereocenters. The molecule has 25 heavy (non-hydrogen) atoms. The van der Waals surface area contributed by atoms with E-state index in [9.17, 15) is 14.0 Å². The molecule has 0 saturated carbocycles. The second-order valence-electron chi connectivity index (χ2n) is 5.94. The maximum absolute atomic E-state index is 13.9. The van der Waals surface area contributed by atoms with Crippen molar-refractivity contribution in [1.29, 1.82) is 0 Å². The highest BCUT2D eigenvalue weighted by Crippen LogP contribution is 2.22. The monoisotopic (exact) mass is 360 g/mol. The molecule has 0 atom stereocenters. The number of nitrogens with one attached hydrogen (secondary N) is 1. The third kappa shape index (κ3) is 2.70. The molecule has 2 aromatic heterocycles. The Labute approximate surface area is 146 Å². The lowest BCUT2D eigenvalue weighted by atomic mass is 10.0. The first-order chi connectivity index (χ1) is 12.0. The number of hydrogen-bond acceptors (Lipinski definition) is 3. The standard InChI is InChI=1S/C17H14ClFN4O2/c18-12-2-1-3-13(19)10(12)8-16(24)22-7-5-14-11(9-22)17(25)23-15(21-14)4-6-20-23/h1-4,6,20H,5,7-9H2. The lowest BCUT2D eigenvalue weighted by Gasteiger charge is -2.28. The zero-order valence-electron chi connectivity index (χ0n) is 13.1. The molecule has 1 N–H and O–H groups in total. The Hall–Kier alpha value is -2.67. The van der Waals surface area contributed by atoms with Gasteiger partial charge in [-0.15, -0.1) is 0 Å². The van der Waals surface area contributed by atoms with Gasteiger partial charge < -0.3 is 4.90 Å². The minimum atomic E-state index is -0.506.